The summed E-state index contributed by atoms with van der Waals surface area (Å²) < 4.78 is 4.91. The third kappa shape index (κ3) is 4.72. The second-order valence-electron chi connectivity index (χ2n) is 16.5. The van der Waals surface area contributed by atoms with E-state index in [-0.39, 0.29) is 0 Å². The van der Waals surface area contributed by atoms with Crippen LogP contribution in [0.5, 0.6) is 0 Å². The van der Waals surface area contributed by atoms with E-state index in [1.807, 2.05) is 0 Å². The van der Waals surface area contributed by atoms with Crippen LogP contribution in [-0.4, -0.2) is 9.13 Å². The summed E-state index contributed by atoms with van der Waals surface area (Å²) in [5, 5.41) is 5.17. The Hall–Kier alpha value is -7.16. The fraction of sp³-hybridized carbons (Fsp3) is 0.0714. The minimum atomic E-state index is 0.331. The largest absolute Gasteiger partial charge is 0.309 e. The first-order valence-corrected chi connectivity index (χ1v) is 20.6. The summed E-state index contributed by atoms with van der Waals surface area (Å²) in [7, 11) is 0. The molecule has 0 amide bonds. The van der Waals surface area contributed by atoms with Crippen LogP contribution in [-0.2, 0) is 0 Å². The number of hydrogen-bond donors (Lipinski definition) is 0. The molecule has 1 fully saturated rings. The molecule has 0 spiro atoms. The summed E-state index contributed by atoms with van der Waals surface area (Å²) in [6.07, 6.45) is 9.88. The summed E-state index contributed by atoms with van der Waals surface area (Å²) >= 11 is 0. The van der Waals surface area contributed by atoms with Gasteiger partial charge in [0.15, 0.2) is 0 Å². The zero-order valence-electron chi connectivity index (χ0n) is 31.8. The predicted octanol–water partition coefficient (Wildman–Crippen LogP) is 14.4. The monoisotopic (exact) mass is 738 g/mol. The molecule has 0 aliphatic heterocycles. The van der Waals surface area contributed by atoms with Gasteiger partial charge in [0.05, 0.1) is 22.1 Å². The first-order valence-electron chi connectivity index (χ1n) is 20.6. The van der Waals surface area contributed by atoms with E-state index < -0.39 is 0 Å². The van der Waals surface area contributed by atoms with Crippen molar-refractivity contribution in [1.29, 1.82) is 0 Å². The van der Waals surface area contributed by atoms with Crippen LogP contribution in [0.3, 0.4) is 0 Å². The van der Waals surface area contributed by atoms with Gasteiger partial charge in [-0.1, -0.05) is 140 Å². The average molecular weight is 739 g/mol. The summed E-state index contributed by atoms with van der Waals surface area (Å²) in [6.45, 7) is 0. The topological polar surface area (TPSA) is 9.86 Å². The zero-order chi connectivity index (χ0) is 37.9. The molecular weight excluding hydrogens is 701 g/mol. The number of hydrogen-bond acceptors (Lipinski definition) is 0. The zero-order valence-corrected chi connectivity index (χ0v) is 31.8. The highest BCUT2D eigenvalue weighted by Crippen LogP contribution is 2.61. The number of aromatic nitrogens is 2. The SMILES string of the molecule is C1=CC2C3C=CC1c1cc4c(cc1C23)c1cc(-c2ccc3c(c2)c2ccccc2n3-c2ccc(-c3ccccc3)cc2)ccc1n4-c1ccc(-c2ccccc2)cc1. The van der Waals surface area contributed by atoms with Crippen LogP contribution >= 0.6 is 0 Å². The van der Waals surface area contributed by atoms with Crippen molar-refractivity contribution in [1.82, 2.24) is 9.13 Å². The molecular formula is C56H38N2. The molecule has 2 heterocycles. The van der Waals surface area contributed by atoms with Crippen LogP contribution in [0.1, 0.15) is 23.0 Å². The van der Waals surface area contributed by atoms with Crippen molar-refractivity contribution in [2.24, 2.45) is 11.8 Å². The van der Waals surface area contributed by atoms with Gasteiger partial charge in [0.2, 0.25) is 0 Å². The molecule has 2 unspecified atom stereocenters. The molecule has 0 saturated heterocycles. The van der Waals surface area contributed by atoms with Crippen LogP contribution in [0.15, 0.2) is 206 Å². The molecule has 0 N–H and O–H groups in total. The van der Waals surface area contributed by atoms with Gasteiger partial charge in [-0.05, 0) is 129 Å². The number of rotatable bonds is 5. The maximum atomic E-state index is 2.57. The highest BCUT2D eigenvalue weighted by molar-refractivity contribution is 6.13. The molecule has 0 radical (unpaired) electrons. The van der Waals surface area contributed by atoms with E-state index >= 15 is 0 Å². The van der Waals surface area contributed by atoms with Gasteiger partial charge in [-0.25, -0.2) is 0 Å². The molecule has 4 aliphatic rings. The van der Waals surface area contributed by atoms with Gasteiger partial charge in [-0.2, -0.15) is 0 Å². The summed E-state index contributed by atoms with van der Waals surface area (Å²) in [4.78, 5) is 0. The Morgan fingerprint density at radius 1 is 0.293 bits per heavy atom. The highest BCUT2D eigenvalue weighted by Gasteiger charge is 2.51. The molecule has 2 atom stereocenters. The van der Waals surface area contributed by atoms with Crippen molar-refractivity contribution >= 4 is 43.6 Å². The van der Waals surface area contributed by atoms with Crippen LogP contribution in [0.2, 0.25) is 0 Å². The second-order valence-corrected chi connectivity index (χ2v) is 16.5. The van der Waals surface area contributed by atoms with E-state index in [1.54, 1.807) is 0 Å². The molecule has 8 aromatic carbocycles. The highest BCUT2D eigenvalue weighted by atomic mass is 15.0. The van der Waals surface area contributed by atoms with E-state index in [4.69, 9.17) is 0 Å². The maximum Gasteiger partial charge on any atom is 0.0544 e. The Labute approximate surface area is 337 Å². The fourth-order valence-corrected chi connectivity index (χ4v) is 10.5. The molecule has 2 aromatic heterocycles. The molecule has 10 aromatic rings. The third-order valence-corrected chi connectivity index (χ3v) is 13.4. The van der Waals surface area contributed by atoms with Crippen molar-refractivity contribution in [3.05, 3.63) is 217 Å². The van der Waals surface area contributed by atoms with E-state index in [1.165, 1.54) is 99.5 Å². The smallest absolute Gasteiger partial charge is 0.0544 e. The summed E-state index contributed by atoms with van der Waals surface area (Å²) in [5.74, 6) is 2.17. The van der Waals surface area contributed by atoms with Gasteiger partial charge in [0, 0.05) is 38.8 Å². The molecule has 2 heteroatoms. The van der Waals surface area contributed by atoms with Crippen molar-refractivity contribution in [3.63, 3.8) is 0 Å². The standard InChI is InChI=1S/C56H38N2/c1-3-9-35(10-4-1)37-15-23-42(24-16-37)57-52-14-8-7-13-44(52)48-31-40(21-29-53(48)57)41-22-30-54-49(32-41)50-33-51-47(39-19-27-45-46(28-20-39)56(45)51)34-55(50)58(54)43-25-17-38(18-26-43)36-11-5-2-6-12-36/h1-34,39,45-46,56H. The predicted molar refractivity (Wildman–Crippen MR) is 242 cm³/mol. The van der Waals surface area contributed by atoms with E-state index in [2.05, 4.69) is 215 Å². The number of benzene rings is 8. The molecule has 58 heavy (non-hydrogen) atoms. The number of fused-ring (bicyclic) bond motifs is 6. The Bertz CT molecular complexity index is 3300. The Morgan fingerprint density at radius 2 is 0.741 bits per heavy atom. The Balaban J connectivity index is 0.973. The summed E-state index contributed by atoms with van der Waals surface area (Å²) in [6, 6.07) is 67.5. The van der Waals surface area contributed by atoms with Crippen molar-refractivity contribution < 1.29 is 0 Å². The lowest BCUT2D eigenvalue weighted by molar-refractivity contribution is 1.00. The van der Waals surface area contributed by atoms with Crippen molar-refractivity contribution in [2.45, 2.75) is 11.8 Å². The second kappa shape index (κ2) is 12.2. The van der Waals surface area contributed by atoms with Crippen LogP contribution in [0.25, 0.3) is 88.4 Å². The van der Waals surface area contributed by atoms with E-state index in [0.717, 1.165) is 0 Å². The van der Waals surface area contributed by atoms with Crippen LogP contribution in [0.4, 0.5) is 0 Å². The van der Waals surface area contributed by atoms with E-state index in [9.17, 15) is 0 Å². The van der Waals surface area contributed by atoms with Crippen molar-refractivity contribution in [3.8, 4) is 44.8 Å². The lowest BCUT2D eigenvalue weighted by atomic mass is 9.92. The van der Waals surface area contributed by atoms with Crippen LogP contribution in [0, 0.1) is 11.8 Å². The molecule has 14 rings (SSSR count). The lowest BCUT2D eigenvalue weighted by Crippen LogP contribution is -1.98. The first-order chi connectivity index (χ1) is 28.7. The first kappa shape index (κ1) is 32.0. The van der Waals surface area contributed by atoms with Gasteiger partial charge >= 0.3 is 0 Å². The van der Waals surface area contributed by atoms with Crippen molar-refractivity contribution in [2.75, 3.05) is 0 Å². The third-order valence-electron chi connectivity index (χ3n) is 13.4. The van der Waals surface area contributed by atoms with Gasteiger partial charge in [0.1, 0.15) is 0 Å². The van der Waals surface area contributed by atoms with Gasteiger partial charge in [-0.15, -0.1) is 0 Å². The Kier molecular flexibility index (Phi) is 6.71. The molecule has 1 saturated carbocycles. The minimum Gasteiger partial charge on any atom is -0.309 e. The van der Waals surface area contributed by atoms with Crippen LogP contribution < -0.4 is 0 Å². The lowest BCUT2D eigenvalue weighted by Gasteiger charge is -2.15. The fourth-order valence-electron chi connectivity index (χ4n) is 10.5. The number of allylic oxidation sites excluding steroid dienone is 4. The van der Waals surface area contributed by atoms with Gasteiger partial charge < -0.3 is 9.13 Å². The average Bonchev–Trinajstić information content (AvgIpc) is 3.92. The normalized spacial score (nSPS) is 18.9. The van der Waals surface area contributed by atoms with E-state index in [0.29, 0.717) is 23.7 Å². The number of para-hydroxylation sites is 1. The maximum absolute atomic E-state index is 2.57. The molecule has 2 nitrogen and oxygen atoms in total. The Morgan fingerprint density at radius 3 is 1.33 bits per heavy atom. The van der Waals surface area contributed by atoms with Gasteiger partial charge in [-0.3, -0.25) is 0 Å². The summed E-state index contributed by atoms with van der Waals surface area (Å²) in [5.41, 5.74) is 17.7. The molecule has 4 bridgehead atoms. The number of nitrogens with zero attached hydrogens (tertiary/aromatic N) is 2. The minimum absolute atomic E-state index is 0.331. The quantitative estimate of drug-likeness (QED) is 0.156. The van der Waals surface area contributed by atoms with Gasteiger partial charge in [0.25, 0.3) is 0 Å². The molecule has 4 aliphatic carbocycles. The molecule has 272 valence electrons.